The van der Waals surface area contributed by atoms with Crippen molar-refractivity contribution in [3.05, 3.63) is 15.6 Å². The summed E-state index contributed by atoms with van der Waals surface area (Å²) in [6, 6.07) is 2.19. The number of aromatic nitrogens is 1. The second-order valence-corrected chi connectivity index (χ2v) is 4.04. The third-order valence-electron chi connectivity index (χ3n) is 1.83. The molecule has 0 amide bonds. The summed E-state index contributed by atoms with van der Waals surface area (Å²) < 4.78 is 0. The first kappa shape index (κ1) is 6.81. The molecule has 3 heteroatoms. The first-order valence-electron chi connectivity index (χ1n) is 3.68. The summed E-state index contributed by atoms with van der Waals surface area (Å²) >= 11 is 1.51. The third kappa shape index (κ3) is 1.14. The van der Waals surface area contributed by atoms with E-state index in [1.165, 1.54) is 24.2 Å². The highest BCUT2D eigenvalue weighted by Crippen LogP contribution is 2.42. The maximum Gasteiger partial charge on any atom is 0.128 e. The molecule has 1 fully saturated rings. The lowest BCUT2D eigenvalue weighted by Gasteiger charge is -1.86. The van der Waals surface area contributed by atoms with Crippen molar-refractivity contribution in [1.29, 1.82) is 5.26 Å². The molecule has 2 rings (SSSR count). The minimum Gasteiger partial charge on any atom is -0.245 e. The van der Waals surface area contributed by atoms with Gasteiger partial charge in [0, 0.05) is 5.92 Å². The second-order valence-electron chi connectivity index (χ2n) is 2.83. The van der Waals surface area contributed by atoms with Gasteiger partial charge in [-0.05, 0) is 19.8 Å². The molecule has 0 radical (unpaired) electrons. The molecular weight excluding hydrogens is 156 g/mol. The van der Waals surface area contributed by atoms with Gasteiger partial charge in [-0.15, -0.1) is 11.3 Å². The van der Waals surface area contributed by atoms with Crippen molar-refractivity contribution in [1.82, 2.24) is 4.98 Å². The zero-order valence-corrected chi connectivity index (χ0v) is 7.11. The molecule has 0 unspecified atom stereocenters. The lowest BCUT2D eigenvalue weighted by Crippen LogP contribution is -1.82. The topological polar surface area (TPSA) is 36.7 Å². The van der Waals surface area contributed by atoms with E-state index in [4.69, 9.17) is 5.26 Å². The van der Waals surface area contributed by atoms with Crippen LogP contribution in [0.2, 0.25) is 0 Å². The minimum absolute atomic E-state index is 0.606. The van der Waals surface area contributed by atoms with Gasteiger partial charge in [-0.2, -0.15) is 5.26 Å². The van der Waals surface area contributed by atoms with Crippen LogP contribution in [0.1, 0.15) is 34.3 Å². The molecule has 56 valence electrons. The molecule has 0 spiro atoms. The summed E-state index contributed by atoms with van der Waals surface area (Å²) in [6.45, 7) is 1.96. The maximum atomic E-state index is 8.73. The summed E-state index contributed by atoms with van der Waals surface area (Å²) in [7, 11) is 0. The van der Waals surface area contributed by atoms with Crippen molar-refractivity contribution >= 4 is 11.3 Å². The minimum atomic E-state index is 0.606. The molecule has 0 N–H and O–H groups in total. The van der Waals surface area contributed by atoms with Crippen molar-refractivity contribution in [2.45, 2.75) is 25.7 Å². The van der Waals surface area contributed by atoms with Crippen molar-refractivity contribution in [2.75, 3.05) is 0 Å². The molecule has 1 heterocycles. The average Bonchev–Trinajstić information content (AvgIpc) is 2.75. The molecule has 0 saturated heterocycles. The van der Waals surface area contributed by atoms with Crippen LogP contribution in [0.5, 0.6) is 0 Å². The van der Waals surface area contributed by atoms with E-state index in [0.717, 1.165) is 15.6 Å². The molecule has 0 aromatic carbocycles. The molecular formula is C8H8N2S. The molecule has 1 aliphatic rings. The van der Waals surface area contributed by atoms with E-state index < -0.39 is 0 Å². The molecule has 0 bridgehead atoms. The van der Waals surface area contributed by atoms with Crippen LogP contribution in [-0.4, -0.2) is 4.98 Å². The number of aryl methyl sites for hydroxylation is 1. The number of thiazole rings is 1. The van der Waals surface area contributed by atoms with Gasteiger partial charge >= 0.3 is 0 Å². The Bertz CT molecular complexity index is 317. The van der Waals surface area contributed by atoms with Crippen LogP contribution < -0.4 is 0 Å². The Morgan fingerprint density at radius 2 is 2.36 bits per heavy atom. The summed E-state index contributed by atoms with van der Waals surface area (Å²) in [4.78, 5) is 5.16. The van der Waals surface area contributed by atoms with Gasteiger partial charge in [0.25, 0.3) is 0 Å². The molecule has 0 aliphatic heterocycles. The fourth-order valence-electron chi connectivity index (χ4n) is 1.16. The van der Waals surface area contributed by atoms with Crippen LogP contribution in [0.25, 0.3) is 0 Å². The average molecular weight is 164 g/mol. The summed E-state index contributed by atoms with van der Waals surface area (Å²) in [6.07, 6.45) is 2.44. The molecule has 11 heavy (non-hydrogen) atoms. The van der Waals surface area contributed by atoms with Crippen molar-refractivity contribution < 1.29 is 0 Å². The monoisotopic (exact) mass is 164 g/mol. The van der Waals surface area contributed by atoms with Crippen LogP contribution in [0.3, 0.4) is 0 Å². The highest BCUT2D eigenvalue weighted by atomic mass is 32.1. The smallest absolute Gasteiger partial charge is 0.128 e. The van der Waals surface area contributed by atoms with Gasteiger partial charge in [-0.1, -0.05) is 0 Å². The van der Waals surface area contributed by atoms with Gasteiger partial charge in [-0.3, -0.25) is 0 Å². The highest BCUT2D eigenvalue weighted by Gasteiger charge is 2.29. The Balaban J connectivity index is 2.44. The van der Waals surface area contributed by atoms with Crippen LogP contribution in [-0.2, 0) is 0 Å². The van der Waals surface area contributed by atoms with Crippen LogP contribution in [0.15, 0.2) is 0 Å². The van der Waals surface area contributed by atoms with E-state index >= 15 is 0 Å². The Morgan fingerprint density at radius 1 is 1.64 bits per heavy atom. The fourth-order valence-corrected chi connectivity index (χ4v) is 1.96. The van der Waals surface area contributed by atoms with Gasteiger partial charge in [0.2, 0.25) is 0 Å². The highest BCUT2D eigenvalue weighted by molar-refractivity contribution is 7.12. The van der Waals surface area contributed by atoms with E-state index in [1.54, 1.807) is 0 Å². The van der Waals surface area contributed by atoms with Gasteiger partial charge in [0.1, 0.15) is 10.9 Å². The quantitative estimate of drug-likeness (QED) is 0.638. The Hall–Kier alpha value is -0.880. The van der Waals surface area contributed by atoms with Gasteiger partial charge in [-0.25, -0.2) is 4.98 Å². The van der Waals surface area contributed by atoms with Gasteiger partial charge in [0.05, 0.1) is 10.7 Å². The van der Waals surface area contributed by atoms with Crippen molar-refractivity contribution in [3.8, 4) is 6.07 Å². The normalized spacial score (nSPS) is 16.4. The van der Waals surface area contributed by atoms with E-state index in [0.29, 0.717) is 5.92 Å². The Morgan fingerprint density at radius 3 is 2.91 bits per heavy atom. The van der Waals surface area contributed by atoms with E-state index in [9.17, 15) is 0 Å². The SMILES string of the molecule is Cc1nc(C2CC2)c(C#N)s1. The van der Waals surface area contributed by atoms with Crippen LogP contribution in [0.4, 0.5) is 0 Å². The maximum absolute atomic E-state index is 8.73. The molecule has 0 atom stereocenters. The van der Waals surface area contributed by atoms with Crippen molar-refractivity contribution in [2.24, 2.45) is 0 Å². The number of nitrogens with zero attached hydrogens (tertiary/aromatic N) is 2. The Kier molecular flexibility index (Phi) is 1.43. The zero-order chi connectivity index (χ0) is 7.84. The van der Waals surface area contributed by atoms with E-state index in [-0.39, 0.29) is 0 Å². The zero-order valence-electron chi connectivity index (χ0n) is 6.29. The second kappa shape index (κ2) is 2.31. The number of hydrogen-bond donors (Lipinski definition) is 0. The number of hydrogen-bond acceptors (Lipinski definition) is 3. The largest absolute Gasteiger partial charge is 0.245 e. The predicted octanol–water partition coefficient (Wildman–Crippen LogP) is 2.20. The van der Waals surface area contributed by atoms with Crippen LogP contribution in [0, 0.1) is 18.3 Å². The van der Waals surface area contributed by atoms with E-state index in [2.05, 4.69) is 11.1 Å². The first-order chi connectivity index (χ1) is 5.31. The first-order valence-corrected chi connectivity index (χ1v) is 4.50. The molecule has 1 aliphatic carbocycles. The van der Waals surface area contributed by atoms with Crippen molar-refractivity contribution in [3.63, 3.8) is 0 Å². The number of rotatable bonds is 1. The number of nitriles is 1. The summed E-state index contributed by atoms with van der Waals surface area (Å²) in [5, 5.41) is 9.75. The van der Waals surface area contributed by atoms with Gasteiger partial charge < -0.3 is 0 Å². The van der Waals surface area contributed by atoms with Gasteiger partial charge in [0.15, 0.2) is 0 Å². The molecule has 2 nitrogen and oxygen atoms in total. The molecule has 1 aromatic rings. The lowest BCUT2D eigenvalue weighted by molar-refractivity contribution is 1.03. The van der Waals surface area contributed by atoms with E-state index in [1.807, 2.05) is 6.92 Å². The molecule has 1 aromatic heterocycles. The molecule has 1 saturated carbocycles. The summed E-state index contributed by atoms with van der Waals surface area (Å²) in [5.74, 6) is 0.606. The standard InChI is InChI=1S/C8H8N2S/c1-5-10-8(6-2-3-6)7(4-9)11-5/h6H,2-3H2,1H3. The van der Waals surface area contributed by atoms with Crippen LogP contribution >= 0.6 is 11.3 Å². The summed E-state index contributed by atoms with van der Waals surface area (Å²) in [5.41, 5.74) is 1.05. The predicted molar refractivity (Wildman–Crippen MR) is 43.5 cm³/mol. The lowest BCUT2D eigenvalue weighted by atomic mass is 10.3. The third-order valence-corrected chi connectivity index (χ3v) is 2.72. The fraction of sp³-hybridized carbons (Fsp3) is 0.500. The Labute approximate surface area is 69.5 Å².